The molecule has 0 bridgehead atoms. The van der Waals surface area contributed by atoms with Crippen LogP contribution in [0.1, 0.15) is 32.0 Å². The molecular weight excluding hydrogens is 350 g/mol. The topological polar surface area (TPSA) is 79.4 Å². The zero-order valence-corrected chi connectivity index (χ0v) is 16.0. The molecule has 1 aliphatic heterocycles. The molecule has 1 amide bonds. The van der Waals surface area contributed by atoms with E-state index in [2.05, 4.69) is 9.71 Å². The van der Waals surface area contributed by atoms with Crippen molar-refractivity contribution in [3.63, 3.8) is 0 Å². The lowest BCUT2D eigenvalue weighted by Crippen LogP contribution is -2.34. The van der Waals surface area contributed by atoms with E-state index in [-0.39, 0.29) is 22.9 Å². The minimum atomic E-state index is -3.64. The number of amides is 1. The summed E-state index contributed by atoms with van der Waals surface area (Å²) in [6, 6.07) is 10.3. The Morgan fingerprint density at radius 1 is 1.35 bits per heavy atom. The smallest absolute Gasteiger partial charge is 0.240 e. The van der Waals surface area contributed by atoms with Crippen LogP contribution in [0.4, 0.5) is 5.69 Å². The normalized spacial score (nSPS) is 17.8. The first-order valence-electron chi connectivity index (χ1n) is 8.63. The number of benzene rings is 1. The molecule has 1 aliphatic rings. The molecule has 1 N–H and O–H groups in total. The van der Waals surface area contributed by atoms with Crippen LogP contribution in [0.2, 0.25) is 0 Å². The number of hydrogen-bond acceptors (Lipinski definition) is 4. The highest BCUT2D eigenvalue weighted by molar-refractivity contribution is 7.89. The van der Waals surface area contributed by atoms with Gasteiger partial charge < -0.3 is 4.90 Å². The van der Waals surface area contributed by atoms with Crippen LogP contribution in [0.25, 0.3) is 0 Å². The second-order valence-electron chi connectivity index (χ2n) is 6.78. The van der Waals surface area contributed by atoms with Crippen LogP contribution in [0, 0.1) is 0 Å². The summed E-state index contributed by atoms with van der Waals surface area (Å²) in [7, 11) is -3.64. The Morgan fingerprint density at radius 2 is 2.12 bits per heavy atom. The van der Waals surface area contributed by atoms with Gasteiger partial charge in [0.25, 0.3) is 0 Å². The predicted octanol–water partition coefficient (Wildman–Crippen LogP) is 2.29. The van der Waals surface area contributed by atoms with Gasteiger partial charge in [0.05, 0.1) is 4.90 Å². The number of fused-ring (bicyclic) bond motifs is 1. The van der Waals surface area contributed by atoms with Gasteiger partial charge in [-0.05, 0) is 56.2 Å². The van der Waals surface area contributed by atoms with Crippen LogP contribution in [-0.4, -0.2) is 31.4 Å². The number of pyridine rings is 1. The van der Waals surface area contributed by atoms with Gasteiger partial charge in [0.1, 0.15) is 0 Å². The molecule has 0 fully saturated rings. The number of aromatic nitrogens is 1. The Kier molecular flexibility index (Phi) is 5.11. The van der Waals surface area contributed by atoms with Gasteiger partial charge in [-0.1, -0.05) is 6.07 Å². The van der Waals surface area contributed by atoms with Crippen molar-refractivity contribution < 1.29 is 13.2 Å². The molecule has 0 saturated carbocycles. The van der Waals surface area contributed by atoms with Crippen molar-refractivity contribution in [3.05, 3.63) is 53.9 Å². The van der Waals surface area contributed by atoms with Gasteiger partial charge in [0.15, 0.2) is 0 Å². The van der Waals surface area contributed by atoms with Gasteiger partial charge in [-0.3, -0.25) is 9.78 Å². The standard InChI is InChI=1S/C19H23N3O3S/c1-13(10-17-6-4-5-9-20-17)21-26(24,25)18-7-8-19-16(12-18)11-14(2)22(19)15(3)23/h4-9,12-14,21H,10-11H2,1-3H3/t13-,14+/m1/s1. The van der Waals surface area contributed by atoms with E-state index in [1.807, 2.05) is 32.0 Å². The molecule has 2 atom stereocenters. The monoisotopic (exact) mass is 373 g/mol. The largest absolute Gasteiger partial charge is 0.309 e. The molecular formula is C19H23N3O3S. The number of nitrogens with zero attached hydrogens (tertiary/aromatic N) is 2. The van der Waals surface area contributed by atoms with Crippen LogP contribution >= 0.6 is 0 Å². The Bertz CT molecular complexity index is 913. The Morgan fingerprint density at radius 3 is 2.77 bits per heavy atom. The van der Waals surface area contributed by atoms with E-state index in [1.54, 1.807) is 29.3 Å². The molecule has 0 radical (unpaired) electrons. The summed E-state index contributed by atoms with van der Waals surface area (Å²) in [6.45, 7) is 5.30. The summed E-state index contributed by atoms with van der Waals surface area (Å²) < 4.78 is 28.1. The Labute approximate surface area is 154 Å². The van der Waals surface area contributed by atoms with Crippen LogP contribution in [-0.2, 0) is 27.7 Å². The number of anilines is 1. The molecule has 3 rings (SSSR count). The molecule has 2 heterocycles. The lowest BCUT2D eigenvalue weighted by Gasteiger charge is -2.20. The second-order valence-corrected chi connectivity index (χ2v) is 8.49. The van der Waals surface area contributed by atoms with E-state index in [0.717, 1.165) is 16.9 Å². The molecule has 6 nitrogen and oxygen atoms in total. The summed E-state index contributed by atoms with van der Waals surface area (Å²) in [4.78, 5) is 18.0. The number of nitrogens with one attached hydrogen (secondary N) is 1. The first-order chi connectivity index (χ1) is 12.3. The van der Waals surface area contributed by atoms with E-state index in [1.165, 1.54) is 6.92 Å². The predicted molar refractivity (Wildman–Crippen MR) is 100 cm³/mol. The molecule has 1 aromatic heterocycles. The summed E-state index contributed by atoms with van der Waals surface area (Å²) in [5, 5.41) is 0. The van der Waals surface area contributed by atoms with Crippen molar-refractivity contribution >= 4 is 21.6 Å². The highest BCUT2D eigenvalue weighted by atomic mass is 32.2. The van der Waals surface area contributed by atoms with E-state index in [9.17, 15) is 13.2 Å². The van der Waals surface area contributed by atoms with Crippen LogP contribution in [0.3, 0.4) is 0 Å². The van der Waals surface area contributed by atoms with E-state index < -0.39 is 10.0 Å². The SMILES string of the molecule is CC(=O)N1c2ccc(S(=O)(=O)N[C@H](C)Cc3ccccn3)cc2C[C@@H]1C. The van der Waals surface area contributed by atoms with Gasteiger partial charge in [-0.25, -0.2) is 13.1 Å². The third kappa shape index (κ3) is 3.78. The number of rotatable bonds is 5. The fourth-order valence-electron chi connectivity index (χ4n) is 3.46. The van der Waals surface area contributed by atoms with Crippen molar-refractivity contribution in [2.45, 2.75) is 50.6 Å². The number of hydrogen-bond donors (Lipinski definition) is 1. The van der Waals surface area contributed by atoms with Gasteiger partial charge in [0, 0.05) is 43.0 Å². The summed E-state index contributed by atoms with van der Waals surface area (Å²) in [5.74, 6) is -0.0334. The van der Waals surface area contributed by atoms with Gasteiger partial charge >= 0.3 is 0 Å². The van der Waals surface area contributed by atoms with Crippen LogP contribution < -0.4 is 9.62 Å². The van der Waals surface area contributed by atoms with Crippen molar-refractivity contribution in [2.24, 2.45) is 0 Å². The second kappa shape index (κ2) is 7.17. The molecule has 0 unspecified atom stereocenters. The van der Waals surface area contributed by atoms with Gasteiger partial charge in [0.2, 0.25) is 15.9 Å². The quantitative estimate of drug-likeness (QED) is 0.872. The molecule has 0 aliphatic carbocycles. The molecule has 138 valence electrons. The zero-order valence-electron chi connectivity index (χ0n) is 15.1. The van der Waals surface area contributed by atoms with E-state index in [4.69, 9.17) is 0 Å². The van der Waals surface area contributed by atoms with Gasteiger partial charge in [-0.15, -0.1) is 0 Å². The lowest BCUT2D eigenvalue weighted by atomic mass is 10.1. The first-order valence-corrected chi connectivity index (χ1v) is 10.1. The van der Waals surface area contributed by atoms with Crippen molar-refractivity contribution in [2.75, 3.05) is 4.90 Å². The molecule has 2 aromatic rings. The molecule has 7 heteroatoms. The average molecular weight is 373 g/mol. The molecule has 26 heavy (non-hydrogen) atoms. The number of carbonyl (C=O) groups excluding carboxylic acids is 1. The number of carbonyl (C=O) groups is 1. The van der Waals surface area contributed by atoms with E-state index >= 15 is 0 Å². The highest BCUT2D eigenvalue weighted by Crippen LogP contribution is 2.33. The number of sulfonamides is 1. The third-order valence-corrected chi connectivity index (χ3v) is 6.10. The Hall–Kier alpha value is -2.25. The van der Waals surface area contributed by atoms with Crippen LogP contribution in [0.5, 0.6) is 0 Å². The maximum absolute atomic E-state index is 12.7. The minimum absolute atomic E-state index is 0.0334. The molecule has 1 aromatic carbocycles. The Balaban J connectivity index is 1.78. The highest BCUT2D eigenvalue weighted by Gasteiger charge is 2.30. The lowest BCUT2D eigenvalue weighted by molar-refractivity contribution is -0.116. The third-order valence-electron chi connectivity index (χ3n) is 4.51. The van der Waals surface area contributed by atoms with Crippen LogP contribution in [0.15, 0.2) is 47.5 Å². The molecule has 0 spiro atoms. The maximum Gasteiger partial charge on any atom is 0.240 e. The summed E-state index contributed by atoms with van der Waals surface area (Å²) in [5.41, 5.74) is 2.51. The van der Waals surface area contributed by atoms with Gasteiger partial charge in [-0.2, -0.15) is 0 Å². The summed E-state index contributed by atoms with van der Waals surface area (Å²) in [6.07, 6.45) is 2.86. The first kappa shape index (κ1) is 18.5. The maximum atomic E-state index is 12.7. The van der Waals surface area contributed by atoms with Crippen molar-refractivity contribution in [1.29, 1.82) is 0 Å². The summed E-state index contributed by atoms with van der Waals surface area (Å²) >= 11 is 0. The van der Waals surface area contributed by atoms with Crippen molar-refractivity contribution in [1.82, 2.24) is 9.71 Å². The van der Waals surface area contributed by atoms with E-state index in [0.29, 0.717) is 12.8 Å². The van der Waals surface area contributed by atoms with Crippen molar-refractivity contribution in [3.8, 4) is 0 Å². The fraction of sp³-hybridized carbons (Fsp3) is 0.368. The average Bonchev–Trinajstić information content (AvgIpc) is 2.90. The fourth-order valence-corrected chi connectivity index (χ4v) is 4.76. The zero-order chi connectivity index (χ0) is 18.9. The minimum Gasteiger partial charge on any atom is -0.309 e. The molecule has 0 saturated heterocycles.